The molecule has 2 aromatic carbocycles. The Morgan fingerprint density at radius 2 is 1.65 bits per heavy atom. The summed E-state index contributed by atoms with van der Waals surface area (Å²) in [5.74, 6) is 2.02. The van der Waals surface area contributed by atoms with E-state index in [0.29, 0.717) is 16.8 Å². The summed E-state index contributed by atoms with van der Waals surface area (Å²) in [6.07, 6.45) is 4.34. The van der Waals surface area contributed by atoms with Crippen LogP contribution < -0.4 is 9.46 Å². The number of benzene rings is 2. The Kier molecular flexibility index (Phi) is 5.22. The van der Waals surface area contributed by atoms with E-state index >= 15 is 0 Å². The number of para-hydroxylation sites is 1. The van der Waals surface area contributed by atoms with Gasteiger partial charge in [0.15, 0.2) is 4.90 Å². The molecule has 1 saturated carbocycles. The Labute approximate surface area is 156 Å². The Bertz CT molecular complexity index is 795. The maximum absolute atomic E-state index is 12.5. The number of nitrogens with zero attached hydrogens (tertiary/aromatic N) is 2. The zero-order valence-electron chi connectivity index (χ0n) is 14.4. The third kappa shape index (κ3) is 3.92. The second kappa shape index (κ2) is 7.93. The third-order valence-electron chi connectivity index (χ3n) is 4.66. The van der Waals surface area contributed by atoms with Crippen LogP contribution in [-0.2, 0) is 11.4 Å². The van der Waals surface area contributed by atoms with Crippen LogP contribution in [0.3, 0.4) is 0 Å². The highest BCUT2D eigenvalue weighted by atomic mass is 32.2. The molecule has 134 valence electrons. The van der Waals surface area contributed by atoms with Crippen molar-refractivity contribution in [3.05, 3.63) is 60.7 Å². The molecular formula is C20H21N3O2S. The number of hydrogen-bond acceptors (Lipinski definition) is 5. The highest BCUT2D eigenvalue weighted by Crippen LogP contribution is 2.31. The van der Waals surface area contributed by atoms with Gasteiger partial charge in [0.25, 0.3) is 5.96 Å². The third-order valence-corrected chi connectivity index (χ3v) is 5.73. The Morgan fingerprint density at radius 3 is 2.42 bits per heavy atom. The lowest BCUT2D eigenvalue weighted by Crippen LogP contribution is -2.42. The largest absolute Gasteiger partial charge is 0.588 e. The van der Waals surface area contributed by atoms with Gasteiger partial charge >= 0.3 is 0 Å². The van der Waals surface area contributed by atoms with Crippen molar-refractivity contribution in [1.29, 1.82) is 0 Å². The maximum Gasteiger partial charge on any atom is 0.264 e. The smallest absolute Gasteiger partial charge is 0.264 e. The molecule has 6 heteroatoms. The molecule has 0 amide bonds. The van der Waals surface area contributed by atoms with E-state index in [1.807, 2.05) is 60.7 Å². The molecular weight excluding hydrogens is 346 g/mol. The van der Waals surface area contributed by atoms with Crippen molar-refractivity contribution < 1.29 is 9.29 Å². The quantitative estimate of drug-likeness (QED) is 0.841. The van der Waals surface area contributed by atoms with Crippen molar-refractivity contribution in [2.75, 3.05) is 0 Å². The molecule has 1 N–H and O–H groups in total. The molecule has 1 fully saturated rings. The van der Waals surface area contributed by atoms with Crippen molar-refractivity contribution in [1.82, 2.24) is 4.72 Å². The lowest BCUT2D eigenvalue weighted by atomic mass is 9.84. The number of fused-ring (bicyclic) bond motifs is 1. The minimum Gasteiger partial charge on any atom is -0.588 e. The maximum atomic E-state index is 12.5. The molecule has 0 saturated heterocycles. The number of hydrogen-bond donors (Lipinski definition) is 1. The molecule has 0 spiro atoms. The summed E-state index contributed by atoms with van der Waals surface area (Å²) in [5, 5.41) is 0. The predicted molar refractivity (Wildman–Crippen MR) is 104 cm³/mol. The van der Waals surface area contributed by atoms with Gasteiger partial charge in [0, 0.05) is 0 Å². The van der Waals surface area contributed by atoms with Crippen molar-refractivity contribution in [2.24, 2.45) is 15.9 Å². The van der Waals surface area contributed by atoms with Gasteiger partial charge in [0.1, 0.15) is 17.1 Å². The van der Waals surface area contributed by atoms with Gasteiger partial charge in [-0.05, 0) is 37.1 Å². The molecule has 3 atom stereocenters. The van der Waals surface area contributed by atoms with E-state index in [-0.39, 0.29) is 12.0 Å². The van der Waals surface area contributed by atoms with Gasteiger partial charge in [0.2, 0.25) is 5.90 Å². The minimum atomic E-state index is -1.40. The van der Waals surface area contributed by atoms with Crippen molar-refractivity contribution in [3.8, 4) is 5.75 Å². The molecule has 5 nitrogen and oxygen atoms in total. The number of ether oxygens (including phenoxy) is 1. The second-order valence-corrected chi connectivity index (χ2v) is 7.67. The Hall–Kier alpha value is -2.31. The summed E-state index contributed by atoms with van der Waals surface area (Å²) in [4.78, 5) is 9.97. The van der Waals surface area contributed by atoms with Crippen LogP contribution in [-0.4, -0.2) is 22.5 Å². The molecule has 2 aliphatic rings. The summed E-state index contributed by atoms with van der Waals surface area (Å²) < 4.78 is 21.6. The summed E-state index contributed by atoms with van der Waals surface area (Å²) >= 11 is -1.40. The average Bonchev–Trinajstić information content (AvgIpc) is 2.69. The fraction of sp³-hybridized carbons (Fsp3) is 0.300. The fourth-order valence-electron chi connectivity index (χ4n) is 3.37. The SMILES string of the molecule is [O-][S+](NC1=NC2CCCC[C@@H]2C(Oc2ccccc2)=N1)c1ccccc1. The normalized spacial score (nSPS) is 23.3. The molecule has 4 rings (SSSR count). The lowest BCUT2D eigenvalue weighted by Gasteiger charge is -2.32. The monoisotopic (exact) mass is 367 g/mol. The summed E-state index contributed by atoms with van der Waals surface area (Å²) in [6, 6.07) is 19.1. The topological polar surface area (TPSA) is 69.0 Å². The number of aliphatic imine (C=N–C) groups is 2. The second-order valence-electron chi connectivity index (χ2n) is 6.46. The highest BCUT2D eigenvalue weighted by molar-refractivity contribution is 7.90. The zero-order chi connectivity index (χ0) is 17.8. The zero-order valence-corrected chi connectivity index (χ0v) is 15.2. The molecule has 1 aliphatic heterocycles. The van der Waals surface area contributed by atoms with Gasteiger partial charge in [-0.2, -0.15) is 9.71 Å². The molecule has 2 aromatic rings. The van der Waals surface area contributed by atoms with E-state index in [9.17, 15) is 4.55 Å². The van der Waals surface area contributed by atoms with Crippen molar-refractivity contribution in [2.45, 2.75) is 36.6 Å². The molecule has 2 unspecified atom stereocenters. The average molecular weight is 367 g/mol. The van der Waals surface area contributed by atoms with Crippen molar-refractivity contribution >= 4 is 23.2 Å². The molecule has 1 aliphatic carbocycles. The molecule has 0 bridgehead atoms. The van der Waals surface area contributed by atoms with Crippen LogP contribution in [0.1, 0.15) is 25.7 Å². The first-order valence-corrected chi connectivity index (χ1v) is 10.1. The Morgan fingerprint density at radius 1 is 0.962 bits per heavy atom. The first kappa shape index (κ1) is 17.1. The van der Waals surface area contributed by atoms with Crippen LogP contribution in [0.25, 0.3) is 0 Å². The molecule has 1 heterocycles. The van der Waals surface area contributed by atoms with Gasteiger partial charge < -0.3 is 9.29 Å². The van der Waals surface area contributed by atoms with E-state index in [4.69, 9.17) is 9.73 Å². The first-order chi connectivity index (χ1) is 12.8. The van der Waals surface area contributed by atoms with Crippen LogP contribution in [0, 0.1) is 5.92 Å². The van der Waals surface area contributed by atoms with Gasteiger partial charge in [-0.25, -0.2) is 4.99 Å². The van der Waals surface area contributed by atoms with Gasteiger partial charge in [-0.15, -0.1) is 0 Å². The van der Waals surface area contributed by atoms with Crippen LogP contribution in [0.5, 0.6) is 5.75 Å². The van der Waals surface area contributed by atoms with Gasteiger partial charge in [-0.3, -0.25) is 0 Å². The van der Waals surface area contributed by atoms with Crippen LogP contribution in [0.15, 0.2) is 75.5 Å². The van der Waals surface area contributed by atoms with Crippen molar-refractivity contribution in [3.63, 3.8) is 0 Å². The first-order valence-electron chi connectivity index (χ1n) is 8.92. The molecule has 0 aromatic heterocycles. The van der Waals surface area contributed by atoms with Gasteiger partial charge in [-0.1, -0.05) is 49.2 Å². The van der Waals surface area contributed by atoms with E-state index in [2.05, 4.69) is 9.71 Å². The standard InChI is InChI=1S/C20H21N3O2S/c24-26(16-11-5-2-6-12-16)23-20-21-18-14-8-7-13-17(18)19(22-20)25-15-9-3-1-4-10-15/h1-6,9-12,17-18H,7-8,13-14H2,(H,21,23)/t17-,18?,26?/m0/s1. The van der Waals surface area contributed by atoms with Gasteiger partial charge in [0.05, 0.1) is 12.0 Å². The molecule has 0 radical (unpaired) electrons. The summed E-state index contributed by atoms with van der Waals surface area (Å²) in [7, 11) is 0. The fourth-order valence-corrected chi connectivity index (χ4v) is 4.16. The van der Waals surface area contributed by atoms with Crippen LogP contribution in [0.4, 0.5) is 0 Å². The van der Waals surface area contributed by atoms with Crippen LogP contribution in [0.2, 0.25) is 0 Å². The summed E-state index contributed by atoms with van der Waals surface area (Å²) in [6.45, 7) is 0. The van der Waals surface area contributed by atoms with E-state index in [1.165, 1.54) is 0 Å². The van der Waals surface area contributed by atoms with E-state index < -0.39 is 11.4 Å². The van der Waals surface area contributed by atoms with E-state index in [0.717, 1.165) is 31.4 Å². The van der Waals surface area contributed by atoms with E-state index in [1.54, 1.807) is 0 Å². The summed E-state index contributed by atoms with van der Waals surface area (Å²) in [5.41, 5.74) is 0. The number of rotatable bonds is 3. The Balaban J connectivity index is 1.56. The highest BCUT2D eigenvalue weighted by Gasteiger charge is 2.35. The molecule has 26 heavy (non-hydrogen) atoms. The number of nitrogens with one attached hydrogen (secondary N) is 1. The lowest BCUT2D eigenvalue weighted by molar-refractivity contribution is 0.339. The van der Waals surface area contributed by atoms with Crippen LogP contribution >= 0.6 is 0 Å². The predicted octanol–water partition coefficient (Wildman–Crippen LogP) is 3.70. The number of guanidine groups is 1. The minimum absolute atomic E-state index is 0.134.